The van der Waals surface area contributed by atoms with Gasteiger partial charge in [0.05, 0.1) is 25.6 Å². The first kappa shape index (κ1) is 28.8. The topological polar surface area (TPSA) is 131 Å². The van der Waals surface area contributed by atoms with E-state index in [2.05, 4.69) is 5.32 Å². The fraction of sp³-hybridized carbons (Fsp3) is 0.312. The minimum absolute atomic E-state index is 0.00414. The molecule has 2 atom stereocenters. The number of nitrogens with zero attached hydrogens (tertiary/aromatic N) is 1. The van der Waals surface area contributed by atoms with Gasteiger partial charge in [0.25, 0.3) is 0 Å². The van der Waals surface area contributed by atoms with E-state index >= 15 is 0 Å². The molecule has 1 heterocycles. The Bertz CT molecular complexity index is 1400. The second-order valence-corrected chi connectivity index (χ2v) is 10.3. The van der Waals surface area contributed by atoms with Gasteiger partial charge in [0, 0.05) is 19.0 Å². The zero-order valence-corrected chi connectivity index (χ0v) is 22.9. The van der Waals surface area contributed by atoms with E-state index in [-0.39, 0.29) is 45.4 Å². The summed E-state index contributed by atoms with van der Waals surface area (Å²) in [6.07, 6.45) is -1.32. The molecule has 1 saturated heterocycles. The Balaban J connectivity index is 1.27. The third-order valence-electron chi connectivity index (χ3n) is 7.47. The van der Waals surface area contributed by atoms with Gasteiger partial charge >= 0.3 is 18.0 Å². The van der Waals surface area contributed by atoms with E-state index in [4.69, 9.17) is 14.2 Å². The zero-order valence-electron chi connectivity index (χ0n) is 22.9. The van der Waals surface area contributed by atoms with Crippen LogP contribution >= 0.6 is 0 Å². The van der Waals surface area contributed by atoms with Crippen molar-refractivity contribution in [1.82, 2.24) is 10.2 Å². The monoisotopic (exact) mass is 572 g/mol. The molecule has 1 unspecified atom stereocenters. The average Bonchev–Trinajstić information content (AvgIpc) is 3.13. The van der Waals surface area contributed by atoms with Crippen molar-refractivity contribution in [2.75, 3.05) is 32.9 Å². The van der Waals surface area contributed by atoms with E-state index in [0.29, 0.717) is 0 Å². The number of amides is 2. The smallest absolute Gasteiger partial charge is 0.407 e. The van der Waals surface area contributed by atoms with Gasteiger partial charge < -0.3 is 29.5 Å². The van der Waals surface area contributed by atoms with Crippen LogP contribution in [0.3, 0.4) is 0 Å². The number of carbonyl (C=O) groups excluding carboxylic acids is 3. The predicted octanol–water partition coefficient (Wildman–Crippen LogP) is 3.59. The summed E-state index contributed by atoms with van der Waals surface area (Å²) in [6, 6.07) is 23.6. The average molecular weight is 573 g/mol. The van der Waals surface area contributed by atoms with Crippen LogP contribution in [-0.2, 0) is 35.2 Å². The summed E-state index contributed by atoms with van der Waals surface area (Å²) >= 11 is 0. The lowest BCUT2D eigenvalue weighted by atomic mass is 9.98. The Morgan fingerprint density at radius 1 is 0.905 bits per heavy atom. The number of fused-ring (bicyclic) bond motifs is 3. The number of esters is 1. The molecule has 0 radical (unpaired) electrons. The lowest BCUT2D eigenvalue weighted by Gasteiger charge is -2.27. The number of carboxylic acids is 1. The maximum atomic E-state index is 13.6. The molecule has 5 rings (SSSR count). The second-order valence-electron chi connectivity index (χ2n) is 10.3. The van der Waals surface area contributed by atoms with E-state index < -0.39 is 42.3 Å². The highest BCUT2D eigenvalue weighted by Gasteiger charge is 2.34. The lowest BCUT2D eigenvalue weighted by molar-refractivity contribution is -0.149. The highest BCUT2D eigenvalue weighted by molar-refractivity contribution is 5.90. The largest absolute Gasteiger partial charge is 0.481 e. The Morgan fingerprint density at radius 2 is 1.55 bits per heavy atom. The van der Waals surface area contributed by atoms with Crippen LogP contribution in [-0.4, -0.2) is 72.9 Å². The van der Waals surface area contributed by atoms with Crippen molar-refractivity contribution >= 4 is 23.9 Å². The molecule has 10 nitrogen and oxygen atoms in total. The third kappa shape index (κ3) is 6.77. The quantitative estimate of drug-likeness (QED) is 0.372. The number of rotatable bonds is 9. The van der Waals surface area contributed by atoms with E-state index in [9.17, 15) is 24.3 Å². The molecule has 0 spiro atoms. The van der Waals surface area contributed by atoms with Crippen molar-refractivity contribution in [3.8, 4) is 11.1 Å². The number of nitrogens with one attached hydrogen (secondary N) is 1. The second kappa shape index (κ2) is 13.3. The van der Waals surface area contributed by atoms with Gasteiger partial charge in [-0.05, 0) is 27.8 Å². The first-order valence-electron chi connectivity index (χ1n) is 13.8. The number of benzene rings is 3. The predicted molar refractivity (Wildman–Crippen MR) is 151 cm³/mol. The zero-order chi connectivity index (χ0) is 29.5. The van der Waals surface area contributed by atoms with Gasteiger partial charge in [-0.15, -0.1) is 0 Å². The van der Waals surface area contributed by atoms with Gasteiger partial charge in [-0.1, -0.05) is 78.9 Å². The van der Waals surface area contributed by atoms with Gasteiger partial charge in [0.2, 0.25) is 5.91 Å². The lowest BCUT2D eigenvalue weighted by Crippen LogP contribution is -2.51. The fourth-order valence-corrected chi connectivity index (χ4v) is 5.33. The maximum absolute atomic E-state index is 13.6. The van der Waals surface area contributed by atoms with Crippen molar-refractivity contribution in [2.24, 2.45) is 5.92 Å². The molecule has 0 bridgehead atoms. The Kier molecular flexibility index (Phi) is 9.13. The van der Waals surface area contributed by atoms with Gasteiger partial charge in [0.1, 0.15) is 19.3 Å². The number of aliphatic carboxylic acids is 1. The molecular weight excluding hydrogens is 540 g/mol. The summed E-state index contributed by atoms with van der Waals surface area (Å²) in [5.74, 6) is -3.53. The van der Waals surface area contributed by atoms with Crippen molar-refractivity contribution in [2.45, 2.75) is 25.0 Å². The van der Waals surface area contributed by atoms with Crippen LogP contribution in [0.2, 0.25) is 0 Å². The number of hydrogen-bond acceptors (Lipinski definition) is 7. The van der Waals surface area contributed by atoms with Crippen LogP contribution < -0.4 is 5.32 Å². The molecule has 0 saturated carbocycles. The molecule has 218 valence electrons. The summed E-state index contributed by atoms with van der Waals surface area (Å²) in [7, 11) is 0. The minimum Gasteiger partial charge on any atom is -0.481 e. The molecule has 2 amide bonds. The highest BCUT2D eigenvalue weighted by atomic mass is 16.6. The van der Waals surface area contributed by atoms with Crippen LogP contribution in [0.25, 0.3) is 11.1 Å². The fourth-order valence-electron chi connectivity index (χ4n) is 5.33. The minimum atomic E-state index is -1.32. The molecule has 1 aliphatic heterocycles. The Morgan fingerprint density at radius 3 is 2.21 bits per heavy atom. The molecule has 1 aliphatic carbocycles. The van der Waals surface area contributed by atoms with E-state index in [1.165, 1.54) is 4.90 Å². The van der Waals surface area contributed by atoms with E-state index in [0.717, 1.165) is 27.8 Å². The number of alkyl carbamates (subject to hydrolysis) is 1. The molecule has 2 aliphatic rings. The first-order chi connectivity index (χ1) is 20.4. The SMILES string of the molecule is O=C(C[C@H](NC(=O)OCC1c2ccccc2-c2ccccc21)C(=O)N1CCOCC(C(=O)O)C1)OCc1ccccc1. The summed E-state index contributed by atoms with van der Waals surface area (Å²) in [4.78, 5) is 52.3. The van der Waals surface area contributed by atoms with Crippen molar-refractivity contribution < 1.29 is 38.5 Å². The van der Waals surface area contributed by atoms with Crippen molar-refractivity contribution in [3.05, 3.63) is 95.6 Å². The van der Waals surface area contributed by atoms with Crippen LogP contribution in [0.4, 0.5) is 4.79 Å². The standard InChI is InChI=1S/C32H32N2O8/c35-29(41-18-21-8-2-1-3-9-21)16-28(30(36)34-14-15-40-19-22(17-34)31(37)38)33-32(39)42-20-27-25-12-6-4-10-23(25)24-11-5-7-13-26(24)27/h1-13,22,27-28H,14-20H2,(H,33,39)(H,37,38)/t22?,28-/m0/s1. The van der Waals surface area contributed by atoms with E-state index in [1.54, 1.807) is 12.1 Å². The number of hydrogen-bond donors (Lipinski definition) is 2. The summed E-state index contributed by atoms with van der Waals surface area (Å²) in [6.45, 7) is 0.122. The number of carbonyl (C=O) groups is 4. The maximum Gasteiger partial charge on any atom is 0.407 e. The summed E-state index contributed by atoms with van der Waals surface area (Å²) in [5.41, 5.74) is 4.99. The highest BCUT2D eigenvalue weighted by Crippen LogP contribution is 2.44. The molecular formula is C32H32N2O8. The van der Waals surface area contributed by atoms with Crippen LogP contribution in [0.15, 0.2) is 78.9 Å². The number of ether oxygens (including phenoxy) is 3. The molecule has 10 heteroatoms. The molecule has 2 N–H and O–H groups in total. The van der Waals surface area contributed by atoms with Gasteiger partial charge in [-0.25, -0.2) is 4.79 Å². The van der Waals surface area contributed by atoms with Gasteiger partial charge in [0.15, 0.2) is 0 Å². The summed E-state index contributed by atoms with van der Waals surface area (Å²) in [5, 5.41) is 12.0. The molecule has 1 fully saturated rings. The van der Waals surface area contributed by atoms with Crippen LogP contribution in [0, 0.1) is 5.92 Å². The van der Waals surface area contributed by atoms with Gasteiger partial charge in [-0.2, -0.15) is 0 Å². The molecule has 42 heavy (non-hydrogen) atoms. The van der Waals surface area contributed by atoms with Crippen molar-refractivity contribution in [1.29, 1.82) is 0 Å². The van der Waals surface area contributed by atoms with Gasteiger partial charge in [-0.3, -0.25) is 14.4 Å². The molecule has 3 aromatic carbocycles. The molecule has 0 aromatic heterocycles. The van der Waals surface area contributed by atoms with Crippen molar-refractivity contribution in [3.63, 3.8) is 0 Å². The first-order valence-corrected chi connectivity index (χ1v) is 13.8. The van der Waals surface area contributed by atoms with E-state index in [1.807, 2.05) is 66.7 Å². The molecule has 3 aromatic rings. The Labute approximate surface area is 243 Å². The summed E-state index contributed by atoms with van der Waals surface area (Å²) < 4.78 is 16.3. The third-order valence-corrected chi connectivity index (χ3v) is 7.47. The Hall–Kier alpha value is -4.70. The normalized spacial score (nSPS) is 16.9. The van der Waals surface area contributed by atoms with Crippen LogP contribution in [0.5, 0.6) is 0 Å². The van der Waals surface area contributed by atoms with Crippen LogP contribution in [0.1, 0.15) is 29.0 Å². The number of carboxylic acid groups (broad SMARTS) is 1.